The minimum atomic E-state index is -1.75. The second-order valence-corrected chi connectivity index (χ2v) is 14.9. The zero-order valence-corrected chi connectivity index (χ0v) is 18.7. The van der Waals surface area contributed by atoms with Gasteiger partial charge in [0.15, 0.2) is 8.32 Å². The molecule has 0 radical (unpaired) electrons. The lowest BCUT2D eigenvalue weighted by Crippen LogP contribution is -2.44. The van der Waals surface area contributed by atoms with Crippen LogP contribution in [0.4, 0.5) is 5.82 Å². The molecular weight excluding hydrogens is 340 g/mol. The highest BCUT2D eigenvalue weighted by atomic mass is 28.4. The standard InChI is InChI=1S/C20H34N4OSi/c1-19(2,3)18-22-16-12-21-11-15(16)17(23-18)24-10-9-14(13-24)25-26(7,8)20(4,5)6/h11,14H,9-10,12-13H2,1-8H3/t14-/m0/s1. The maximum atomic E-state index is 6.65. The number of aliphatic imine (C=N–C) groups is 1. The fourth-order valence-corrected chi connectivity index (χ4v) is 4.54. The quantitative estimate of drug-likeness (QED) is 0.740. The Morgan fingerprint density at radius 1 is 1.12 bits per heavy atom. The van der Waals surface area contributed by atoms with Gasteiger partial charge in [0.1, 0.15) is 11.6 Å². The van der Waals surface area contributed by atoms with E-state index in [1.807, 2.05) is 6.21 Å². The van der Waals surface area contributed by atoms with Gasteiger partial charge in [0.2, 0.25) is 0 Å². The summed E-state index contributed by atoms with van der Waals surface area (Å²) in [5.74, 6) is 1.95. The lowest BCUT2D eigenvalue weighted by atomic mass is 9.95. The molecular formula is C20H34N4OSi. The first kappa shape index (κ1) is 19.5. The molecule has 0 aliphatic carbocycles. The molecule has 3 rings (SSSR count). The SMILES string of the molecule is CC(C)(C)c1nc2c(c(N3CC[C@H](O[Si](C)(C)C(C)(C)C)C3)n1)C=NC2. The lowest BCUT2D eigenvalue weighted by molar-refractivity contribution is 0.202. The topological polar surface area (TPSA) is 50.6 Å². The van der Waals surface area contributed by atoms with Crippen LogP contribution in [0.15, 0.2) is 4.99 Å². The summed E-state index contributed by atoms with van der Waals surface area (Å²) in [7, 11) is -1.75. The van der Waals surface area contributed by atoms with Crippen molar-refractivity contribution in [3.63, 3.8) is 0 Å². The van der Waals surface area contributed by atoms with Crippen LogP contribution in [0.25, 0.3) is 0 Å². The van der Waals surface area contributed by atoms with Gasteiger partial charge in [-0.25, -0.2) is 9.97 Å². The van der Waals surface area contributed by atoms with E-state index in [1.54, 1.807) is 0 Å². The van der Waals surface area contributed by atoms with Crippen molar-refractivity contribution in [1.29, 1.82) is 0 Å². The van der Waals surface area contributed by atoms with Crippen molar-refractivity contribution < 1.29 is 4.43 Å². The van der Waals surface area contributed by atoms with Crippen molar-refractivity contribution in [1.82, 2.24) is 9.97 Å². The Bertz CT molecular complexity index is 716. The van der Waals surface area contributed by atoms with Crippen LogP contribution in [0.2, 0.25) is 18.1 Å². The van der Waals surface area contributed by atoms with E-state index in [1.165, 1.54) is 0 Å². The van der Waals surface area contributed by atoms with Crippen LogP contribution >= 0.6 is 0 Å². The highest BCUT2D eigenvalue weighted by Gasteiger charge is 2.41. The average molecular weight is 375 g/mol. The van der Waals surface area contributed by atoms with Gasteiger partial charge in [-0.1, -0.05) is 41.5 Å². The van der Waals surface area contributed by atoms with Gasteiger partial charge >= 0.3 is 0 Å². The molecule has 2 aliphatic heterocycles. The van der Waals surface area contributed by atoms with Crippen LogP contribution in [-0.2, 0) is 16.4 Å². The number of aromatic nitrogens is 2. The van der Waals surface area contributed by atoms with Gasteiger partial charge in [-0.15, -0.1) is 0 Å². The Hall–Kier alpha value is -1.27. The summed E-state index contributed by atoms with van der Waals surface area (Å²) in [6, 6.07) is 0. The highest BCUT2D eigenvalue weighted by Crippen LogP contribution is 2.39. The second kappa shape index (κ2) is 6.41. The zero-order chi connectivity index (χ0) is 19.3. The molecule has 1 aromatic heterocycles. The first-order valence-corrected chi connectivity index (χ1v) is 12.6. The Balaban J connectivity index is 1.83. The van der Waals surface area contributed by atoms with E-state index >= 15 is 0 Å². The van der Waals surface area contributed by atoms with Crippen LogP contribution in [0.1, 0.15) is 65.0 Å². The molecule has 0 spiro atoms. The summed E-state index contributed by atoms with van der Waals surface area (Å²) in [5.41, 5.74) is 2.10. The molecule has 3 heterocycles. The summed E-state index contributed by atoms with van der Waals surface area (Å²) < 4.78 is 6.65. The number of nitrogens with zero attached hydrogens (tertiary/aromatic N) is 4. The van der Waals surface area contributed by atoms with E-state index in [0.29, 0.717) is 6.54 Å². The van der Waals surface area contributed by atoms with Crippen molar-refractivity contribution >= 4 is 20.3 Å². The Kier molecular flexibility index (Phi) is 4.80. The molecule has 26 heavy (non-hydrogen) atoms. The van der Waals surface area contributed by atoms with Crippen LogP contribution in [-0.4, -0.2) is 43.7 Å². The zero-order valence-electron chi connectivity index (χ0n) is 17.7. The average Bonchev–Trinajstić information content (AvgIpc) is 3.12. The maximum Gasteiger partial charge on any atom is 0.192 e. The molecule has 1 atom stereocenters. The van der Waals surface area contributed by atoms with Crippen LogP contribution in [0.3, 0.4) is 0 Å². The number of hydrogen-bond acceptors (Lipinski definition) is 5. The predicted molar refractivity (Wildman–Crippen MR) is 111 cm³/mol. The number of fused-ring (bicyclic) bond motifs is 1. The van der Waals surface area contributed by atoms with Crippen molar-refractivity contribution in [3.8, 4) is 0 Å². The predicted octanol–water partition coefficient (Wildman–Crippen LogP) is 4.31. The Morgan fingerprint density at radius 2 is 1.81 bits per heavy atom. The molecule has 1 aromatic rings. The molecule has 0 saturated carbocycles. The molecule has 0 N–H and O–H groups in total. The van der Waals surface area contributed by atoms with Gasteiger partial charge < -0.3 is 9.33 Å². The summed E-state index contributed by atoms with van der Waals surface area (Å²) in [4.78, 5) is 16.6. The number of anilines is 1. The molecule has 1 fully saturated rings. The third-order valence-electron chi connectivity index (χ3n) is 5.85. The van der Waals surface area contributed by atoms with Gasteiger partial charge in [-0.3, -0.25) is 4.99 Å². The number of rotatable bonds is 3. The van der Waals surface area contributed by atoms with E-state index in [2.05, 4.69) is 64.5 Å². The van der Waals surface area contributed by atoms with E-state index < -0.39 is 8.32 Å². The number of hydrogen-bond donors (Lipinski definition) is 0. The molecule has 0 amide bonds. The van der Waals surface area contributed by atoms with Gasteiger partial charge in [0.05, 0.1) is 23.9 Å². The summed E-state index contributed by atoms with van der Waals surface area (Å²) >= 11 is 0. The van der Waals surface area contributed by atoms with Crippen molar-refractivity contribution in [2.45, 2.75) is 84.2 Å². The minimum Gasteiger partial charge on any atom is -0.412 e. The monoisotopic (exact) mass is 374 g/mol. The van der Waals surface area contributed by atoms with Gasteiger partial charge in [-0.2, -0.15) is 0 Å². The normalized spacial score (nSPS) is 20.8. The van der Waals surface area contributed by atoms with Crippen LogP contribution in [0, 0.1) is 0 Å². The molecule has 144 valence electrons. The van der Waals surface area contributed by atoms with Crippen LogP contribution in [0.5, 0.6) is 0 Å². The van der Waals surface area contributed by atoms with Crippen molar-refractivity contribution in [2.24, 2.45) is 4.99 Å². The molecule has 6 heteroatoms. The maximum absolute atomic E-state index is 6.65. The van der Waals surface area contributed by atoms with E-state index in [9.17, 15) is 0 Å². The molecule has 1 saturated heterocycles. The van der Waals surface area contributed by atoms with Crippen molar-refractivity contribution in [3.05, 3.63) is 17.1 Å². The van der Waals surface area contributed by atoms with Gasteiger partial charge in [-0.05, 0) is 24.6 Å². The molecule has 5 nitrogen and oxygen atoms in total. The first-order chi connectivity index (χ1) is 11.9. The Morgan fingerprint density at radius 3 is 2.42 bits per heavy atom. The van der Waals surface area contributed by atoms with E-state index in [0.717, 1.165) is 42.4 Å². The third kappa shape index (κ3) is 3.72. The molecule has 0 bridgehead atoms. The fourth-order valence-electron chi connectivity index (χ4n) is 3.17. The summed E-state index contributed by atoms with van der Waals surface area (Å²) in [5, 5.41) is 0.239. The molecule has 0 aromatic carbocycles. The van der Waals surface area contributed by atoms with Crippen LogP contribution < -0.4 is 4.90 Å². The molecule has 2 aliphatic rings. The highest BCUT2D eigenvalue weighted by molar-refractivity contribution is 6.74. The molecule has 0 unspecified atom stereocenters. The van der Waals surface area contributed by atoms with Gasteiger partial charge in [0.25, 0.3) is 0 Å². The van der Waals surface area contributed by atoms with E-state index in [-0.39, 0.29) is 16.6 Å². The largest absolute Gasteiger partial charge is 0.412 e. The fraction of sp³-hybridized carbons (Fsp3) is 0.750. The van der Waals surface area contributed by atoms with Crippen molar-refractivity contribution in [2.75, 3.05) is 18.0 Å². The van der Waals surface area contributed by atoms with E-state index in [4.69, 9.17) is 14.4 Å². The third-order valence-corrected chi connectivity index (χ3v) is 10.4. The smallest absolute Gasteiger partial charge is 0.192 e. The second-order valence-electron chi connectivity index (χ2n) is 10.2. The first-order valence-electron chi connectivity index (χ1n) is 9.72. The summed E-state index contributed by atoms with van der Waals surface area (Å²) in [6.07, 6.45) is 3.30. The Labute approximate surface area is 159 Å². The lowest BCUT2D eigenvalue weighted by Gasteiger charge is -2.38. The van der Waals surface area contributed by atoms with Gasteiger partial charge in [0, 0.05) is 24.7 Å². The minimum absolute atomic E-state index is 0.0663. The summed E-state index contributed by atoms with van der Waals surface area (Å²) in [6.45, 7) is 20.6.